The molecule has 0 radical (unpaired) electrons. The minimum atomic E-state index is -4.36. The first-order valence-corrected chi connectivity index (χ1v) is 6.76. The molecule has 0 amide bonds. The maximum atomic E-state index is 12.6. The molecule has 20 heavy (non-hydrogen) atoms. The number of rotatable bonds is 3. The van der Waals surface area contributed by atoms with E-state index in [-0.39, 0.29) is 6.42 Å². The van der Waals surface area contributed by atoms with E-state index in [1.165, 1.54) is 6.07 Å². The summed E-state index contributed by atoms with van der Waals surface area (Å²) < 4.78 is 38.0. The van der Waals surface area contributed by atoms with Crippen LogP contribution in [0, 0.1) is 0 Å². The average molecular weight is 345 g/mol. The Labute approximate surface area is 123 Å². The summed E-state index contributed by atoms with van der Waals surface area (Å²) in [6.07, 6.45) is -4.86. The van der Waals surface area contributed by atoms with Crippen molar-refractivity contribution in [2.24, 2.45) is 0 Å². The third-order valence-electron chi connectivity index (χ3n) is 2.98. The van der Waals surface area contributed by atoms with Crippen LogP contribution >= 0.6 is 15.9 Å². The predicted molar refractivity (Wildman–Crippen MR) is 74.2 cm³/mol. The van der Waals surface area contributed by atoms with Crippen LogP contribution in [0.5, 0.6) is 0 Å². The van der Waals surface area contributed by atoms with Crippen LogP contribution in [-0.4, -0.2) is 5.11 Å². The zero-order chi connectivity index (χ0) is 14.8. The Morgan fingerprint density at radius 1 is 1.05 bits per heavy atom. The summed E-state index contributed by atoms with van der Waals surface area (Å²) in [5.74, 6) is 0. The van der Waals surface area contributed by atoms with E-state index >= 15 is 0 Å². The van der Waals surface area contributed by atoms with Crippen LogP contribution < -0.4 is 0 Å². The quantitative estimate of drug-likeness (QED) is 0.852. The Hall–Kier alpha value is -1.33. The van der Waals surface area contributed by atoms with Gasteiger partial charge in [0.1, 0.15) is 0 Å². The first kappa shape index (κ1) is 15.1. The summed E-state index contributed by atoms with van der Waals surface area (Å²) in [6.45, 7) is 0. The SMILES string of the molecule is OC(Cc1ccc(C(F)(F)F)cc1Br)c1ccccc1. The second-order valence-corrected chi connectivity index (χ2v) is 5.29. The molecule has 0 aromatic heterocycles. The largest absolute Gasteiger partial charge is 0.416 e. The van der Waals surface area contributed by atoms with Crippen LogP contribution in [0.25, 0.3) is 0 Å². The number of aliphatic hydroxyl groups excluding tert-OH is 1. The molecule has 0 aliphatic heterocycles. The lowest BCUT2D eigenvalue weighted by Crippen LogP contribution is -2.07. The highest BCUT2D eigenvalue weighted by molar-refractivity contribution is 9.10. The van der Waals surface area contributed by atoms with E-state index < -0.39 is 17.8 Å². The number of benzene rings is 2. The normalized spacial score (nSPS) is 13.2. The Bertz CT molecular complexity index is 581. The van der Waals surface area contributed by atoms with Crippen LogP contribution in [-0.2, 0) is 12.6 Å². The predicted octanol–water partition coefficient (Wildman–Crippen LogP) is 4.74. The number of alkyl halides is 3. The molecule has 0 saturated carbocycles. The first-order valence-electron chi connectivity index (χ1n) is 5.96. The van der Waals surface area contributed by atoms with E-state index in [2.05, 4.69) is 15.9 Å². The minimum Gasteiger partial charge on any atom is -0.388 e. The third-order valence-corrected chi connectivity index (χ3v) is 3.72. The molecule has 2 aromatic rings. The number of hydrogen-bond acceptors (Lipinski definition) is 1. The molecular weight excluding hydrogens is 333 g/mol. The molecule has 0 aliphatic carbocycles. The van der Waals surface area contributed by atoms with Gasteiger partial charge in [0.25, 0.3) is 0 Å². The molecule has 1 N–H and O–H groups in total. The highest BCUT2D eigenvalue weighted by Gasteiger charge is 2.30. The van der Waals surface area contributed by atoms with Crippen molar-refractivity contribution in [2.45, 2.75) is 18.7 Å². The van der Waals surface area contributed by atoms with E-state index in [9.17, 15) is 18.3 Å². The smallest absolute Gasteiger partial charge is 0.388 e. The maximum Gasteiger partial charge on any atom is 0.416 e. The van der Waals surface area contributed by atoms with Gasteiger partial charge in [0.2, 0.25) is 0 Å². The number of hydrogen-bond donors (Lipinski definition) is 1. The molecule has 0 aliphatic rings. The van der Waals surface area contributed by atoms with Gasteiger partial charge in [-0.15, -0.1) is 0 Å². The topological polar surface area (TPSA) is 20.2 Å². The van der Waals surface area contributed by atoms with Gasteiger partial charge in [0, 0.05) is 10.9 Å². The summed E-state index contributed by atoms with van der Waals surface area (Å²) in [4.78, 5) is 0. The standard InChI is InChI=1S/C15H12BrF3O/c16-13-9-12(15(17,18)19)7-6-11(13)8-14(20)10-4-2-1-3-5-10/h1-7,9,14,20H,8H2. The third kappa shape index (κ3) is 3.61. The summed E-state index contributed by atoms with van der Waals surface area (Å²) in [7, 11) is 0. The molecule has 2 rings (SSSR count). The summed E-state index contributed by atoms with van der Waals surface area (Å²) in [6, 6.07) is 12.5. The van der Waals surface area contributed by atoms with Crippen molar-refractivity contribution in [1.82, 2.24) is 0 Å². The molecule has 0 bridgehead atoms. The fraction of sp³-hybridized carbons (Fsp3) is 0.200. The van der Waals surface area contributed by atoms with Crippen molar-refractivity contribution >= 4 is 15.9 Å². The monoisotopic (exact) mass is 344 g/mol. The minimum absolute atomic E-state index is 0.253. The van der Waals surface area contributed by atoms with Crippen LogP contribution in [0.4, 0.5) is 13.2 Å². The van der Waals surface area contributed by atoms with Crippen molar-refractivity contribution in [3.8, 4) is 0 Å². The number of aliphatic hydroxyl groups is 1. The summed E-state index contributed by atoms with van der Waals surface area (Å²) in [5.41, 5.74) is 0.663. The van der Waals surface area contributed by atoms with Crippen molar-refractivity contribution in [3.05, 3.63) is 69.7 Å². The van der Waals surface area contributed by atoms with Gasteiger partial charge in [0.15, 0.2) is 0 Å². The zero-order valence-corrected chi connectivity index (χ0v) is 11.9. The van der Waals surface area contributed by atoms with E-state index in [1.807, 2.05) is 6.07 Å². The van der Waals surface area contributed by atoms with Crippen molar-refractivity contribution in [3.63, 3.8) is 0 Å². The number of halogens is 4. The molecule has 106 valence electrons. The van der Waals surface area contributed by atoms with Gasteiger partial charge in [0.05, 0.1) is 11.7 Å². The Balaban J connectivity index is 2.18. The molecule has 0 fully saturated rings. The molecule has 2 aromatic carbocycles. The highest BCUT2D eigenvalue weighted by atomic mass is 79.9. The molecule has 5 heteroatoms. The van der Waals surface area contributed by atoms with Crippen LogP contribution in [0.3, 0.4) is 0 Å². The van der Waals surface area contributed by atoms with Crippen molar-refractivity contribution in [2.75, 3.05) is 0 Å². The second kappa shape index (κ2) is 5.97. The van der Waals surface area contributed by atoms with Gasteiger partial charge < -0.3 is 5.11 Å². The van der Waals surface area contributed by atoms with E-state index in [0.717, 1.165) is 17.7 Å². The zero-order valence-electron chi connectivity index (χ0n) is 10.4. The van der Waals surface area contributed by atoms with Gasteiger partial charge in [-0.2, -0.15) is 13.2 Å². The maximum absolute atomic E-state index is 12.6. The Kier molecular flexibility index (Phi) is 4.50. The summed E-state index contributed by atoms with van der Waals surface area (Å²) >= 11 is 3.13. The fourth-order valence-electron chi connectivity index (χ4n) is 1.89. The first-order chi connectivity index (χ1) is 9.38. The molecule has 0 spiro atoms. The van der Waals surface area contributed by atoms with Gasteiger partial charge in [-0.3, -0.25) is 0 Å². The van der Waals surface area contributed by atoms with Crippen LogP contribution in [0.1, 0.15) is 22.8 Å². The van der Waals surface area contributed by atoms with Crippen molar-refractivity contribution in [1.29, 1.82) is 0 Å². The van der Waals surface area contributed by atoms with Crippen LogP contribution in [0.2, 0.25) is 0 Å². The molecule has 1 atom stereocenters. The van der Waals surface area contributed by atoms with E-state index in [4.69, 9.17) is 0 Å². The van der Waals surface area contributed by atoms with Gasteiger partial charge in [-0.1, -0.05) is 52.3 Å². The Morgan fingerprint density at radius 3 is 2.25 bits per heavy atom. The van der Waals surface area contributed by atoms with Gasteiger partial charge in [-0.25, -0.2) is 0 Å². The van der Waals surface area contributed by atoms with Gasteiger partial charge >= 0.3 is 6.18 Å². The fourth-order valence-corrected chi connectivity index (χ4v) is 2.43. The molecule has 1 unspecified atom stereocenters. The average Bonchev–Trinajstić information content (AvgIpc) is 2.41. The lowest BCUT2D eigenvalue weighted by molar-refractivity contribution is -0.137. The molecule has 0 heterocycles. The van der Waals surface area contributed by atoms with E-state index in [0.29, 0.717) is 10.0 Å². The van der Waals surface area contributed by atoms with Crippen LogP contribution in [0.15, 0.2) is 53.0 Å². The highest BCUT2D eigenvalue weighted by Crippen LogP contribution is 2.33. The summed E-state index contributed by atoms with van der Waals surface area (Å²) in [5, 5.41) is 10.1. The Morgan fingerprint density at radius 2 is 1.70 bits per heavy atom. The lowest BCUT2D eigenvalue weighted by atomic mass is 10.0. The molecular formula is C15H12BrF3O. The lowest BCUT2D eigenvalue weighted by Gasteiger charge is -2.14. The molecule has 1 nitrogen and oxygen atoms in total. The van der Waals surface area contributed by atoms with E-state index in [1.54, 1.807) is 24.3 Å². The van der Waals surface area contributed by atoms with Gasteiger partial charge in [-0.05, 0) is 23.3 Å². The second-order valence-electron chi connectivity index (χ2n) is 4.43. The van der Waals surface area contributed by atoms with Crippen molar-refractivity contribution < 1.29 is 18.3 Å². The molecule has 0 saturated heterocycles.